The van der Waals surface area contributed by atoms with Crippen LogP contribution in [0.2, 0.25) is 5.02 Å². The van der Waals surface area contributed by atoms with Gasteiger partial charge in [-0.3, -0.25) is 15.2 Å². The number of halogens is 1. The predicted molar refractivity (Wildman–Crippen MR) is 88.9 cm³/mol. The summed E-state index contributed by atoms with van der Waals surface area (Å²) in [6, 6.07) is 8.51. The average molecular weight is 347 g/mol. The molecule has 2 N–H and O–H groups in total. The van der Waals surface area contributed by atoms with E-state index in [4.69, 9.17) is 20.8 Å². The van der Waals surface area contributed by atoms with Gasteiger partial charge in [-0.05, 0) is 44.2 Å². The van der Waals surface area contributed by atoms with Gasteiger partial charge >= 0.3 is 0 Å². The summed E-state index contributed by atoms with van der Waals surface area (Å²) in [5, 5.41) is 9.91. The van der Waals surface area contributed by atoms with Crippen LogP contribution >= 0.6 is 11.6 Å². The highest BCUT2D eigenvalue weighted by atomic mass is 35.5. The minimum Gasteiger partial charge on any atom is -0.478 e. The quantitative estimate of drug-likeness (QED) is 0.737. The van der Waals surface area contributed by atoms with Gasteiger partial charge in [-0.15, -0.1) is 5.10 Å². The Balaban J connectivity index is 1.68. The highest BCUT2D eigenvalue weighted by Gasteiger charge is 2.31. The lowest BCUT2D eigenvalue weighted by molar-refractivity contribution is -0.128. The van der Waals surface area contributed by atoms with Crippen LogP contribution in [0.3, 0.4) is 0 Å². The Hall–Kier alpha value is -2.80. The van der Waals surface area contributed by atoms with Crippen LogP contribution in [0.25, 0.3) is 11.4 Å². The third-order valence-electron chi connectivity index (χ3n) is 3.24. The standard InChI is InChI=1S/C16H15ClN4O3/c1-16(2,24-12-5-3-11(17)4-6-12)14(22)19-15-18-13(20-21-15)10-7-8-23-9-10/h3-9H,1-2H3,(H2,18,19,20,21,22). The number of carbonyl (C=O) groups excluding carboxylic acids is 1. The van der Waals surface area contributed by atoms with Gasteiger partial charge < -0.3 is 9.15 Å². The molecule has 0 unspecified atom stereocenters. The lowest BCUT2D eigenvalue weighted by Gasteiger charge is -2.24. The summed E-state index contributed by atoms with van der Waals surface area (Å²) in [7, 11) is 0. The molecule has 3 rings (SSSR count). The molecule has 24 heavy (non-hydrogen) atoms. The molecule has 0 aliphatic rings. The van der Waals surface area contributed by atoms with E-state index < -0.39 is 5.60 Å². The van der Waals surface area contributed by atoms with Crippen molar-refractivity contribution in [2.45, 2.75) is 19.4 Å². The van der Waals surface area contributed by atoms with E-state index in [1.165, 1.54) is 12.5 Å². The minimum absolute atomic E-state index is 0.156. The number of aromatic amines is 1. The summed E-state index contributed by atoms with van der Waals surface area (Å²) in [5.41, 5.74) is -0.385. The van der Waals surface area contributed by atoms with E-state index in [1.54, 1.807) is 44.2 Å². The van der Waals surface area contributed by atoms with E-state index in [1.807, 2.05) is 0 Å². The van der Waals surface area contributed by atoms with Gasteiger partial charge in [0, 0.05) is 5.02 Å². The van der Waals surface area contributed by atoms with Crippen molar-refractivity contribution in [3.05, 3.63) is 47.9 Å². The molecule has 0 aliphatic heterocycles. The zero-order chi connectivity index (χ0) is 17.2. The fraction of sp³-hybridized carbons (Fsp3) is 0.188. The smallest absolute Gasteiger partial charge is 0.270 e. The number of furan rings is 1. The maximum absolute atomic E-state index is 12.4. The van der Waals surface area contributed by atoms with Crippen LogP contribution in [0.15, 0.2) is 47.3 Å². The average Bonchev–Trinajstić information content (AvgIpc) is 3.20. The number of H-pyrrole nitrogens is 1. The molecule has 3 aromatic rings. The van der Waals surface area contributed by atoms with Gasteiger partial charge in [0.05, 0.1) is 11.8 Å². The molecule has 2 aromatic heterocycles. The second kappa shape index (κ2) is 6.37. The van der Waals surface area contributed by atoms with Gasteiger partial charge in [0.25, 0.3) is 5.91 Å². The van der Waals surface area contributed by atoms with Gasteiger partial charge in [0.1, 0.15) is 12.0 Å². The molecule has 124 valence electrons. The van der Waals surface area contributed by atoms with Crippen LogP contribution < -0.4 is 10.1 Å². The minimum atomic E-state index is -1.12. The Kier molecular flexibility index (Phi) is 4.26. The molecule has 1 aromatic carbocycles. The van der Waals surface area contributed by atoms with Crippen LogP contribution in [0.5, 0.6) is 5.75 Å². The predicted octanol–water partition coefficient (Wildman–Crippen LogP) is 3.51. The fourth-order valence-electron chi connectivity index (χ4n) is 1.94. The molecule has 0 spiro atoms. The number of anilines is 1. The molecule has 0 aliphatic carbocycles. The first-order chi connectivity index (χ1) is 11.4. The van der Waals surface area contributed by atoms with Crippen LogP contribution in [0, 0.1) is 0 Å². The maximum atomic E-state index is 12.4. The van der Waals surface area contributed by atoms with Crippen molar-refractivity contribution in [2.24, 2.45) is 0 Å². The number of amides is 1. The van der Waals surface area contributed by atoms with E-state index in [2.05, 4.69) is 20.5 Å². The second-order valence-electron chi connectivity index (χ2n) is 5.54. The third-order valence-corrected chi connectivity index (χ3v) is 3.49. The Labute approximate surface area is 143 Å². The Bertz CT molecular complexity index is 825. The summed E-state index contributed by atoms with van der Waals surface area (Å²) in [5.74, 6) is 0.809. The van der Waals surface area contributed by atoms with Crippen molar-refractivity contribution >= 4 is 23.5 Å². The Morgan fingerprint density at radius 3 is 2.71 bits per heavy atom. The van der Waals surface area contributed by atoms with Crippen LogP contribution in [0.4, 0.5) is 5.95 Å². The zero-order valence-corrected chi connectivity index (χ0v) is 13.8. The summed E-state index contributed by atoms with van der Waals surface area (Å²) in [4.78, 5) is 16.6. The molecule has 7 nitrogen and oxygen atoms in total. The number of hydrogen-bond donors (Lipinski definition) is 2. The van der Waals surface area contributed by atoms with Crippen molar-refractivity contribution in [3.8, 4) is 17.1 Å². The van der Waals surface area contributed by atoms with Gasteiger partial charge in [0.15, 0.2) is 11.4 Å². The Morgan fingerprint density at radius 1 is 1.29 bits per heavy atom. The number of nitrogens with zero attached hydrogens (tertiary/aromatic N) is 2. The lowest BCUT2D eigenvalue weighted by atomic mass is 10.1. The number of benzene rings is 1. The van der Waals surface area contributed by atoms with E-state index in [0.29, 0.717) is 16.6 Å². The summed E-state index contributed by atoms with van der Waals surface area (Å²) >= 11 is 5.84. The highest BCUT2D eigenvalue weighted by molar-refractivity contribution is 6.30. The number of rotatable bonds is 5. The van der Waals surface area contributed by atoms with Gasteiger partial charge in [-0.25, -0.2) is 0 Å². The van der Waals surface area contributed by atoms with E-state index in [0.717, 1.165) is 5.56 Å². The molecule has 1 amide bonds. The number of ether oxygens (including phenoxy) is 1. The molecular formula is C16H15ClN4O3. The van der Waals surface area contributed by atoms with Gasteiger partial charge in [0.2, 0.25) is 5.95 Å². The zero-order valence-electron chi connectivity index (χ0n) is 13.0. The number of aromatic nitrogens is 3. The first-order valence-corrected chi connectivity index (χ1v) is 7.53. The molecular weight excluding hydrogens is 332 g/mol. The fourth-order valence-corrected chi connectivity index (χ4v) is 2.07. The lowest BCUT2D eigenvalue weighted by Crippen LogP contribution is -2.42. The largest absolute Gasteiger partial charge is 0.478 e. The van der Waals surface area contributed by atoms with Crippen LogP contribution in [-0.4, -0.2) is 26.7 Å². The van der Waals surface area contributed by atoms with Crippen molar-refractivity contribution in [3.63, 3.8) is 0 Å². The SMILES string of the molecule is CC(C)(Oc1ccc(Cl)cc1)C(=O)Nc1n[nH]c(-c2ccoc2)n1. The third kappa shape index (κ3) is 3.57. The molecule has 0 fully saturated rings. The van der Waals surface area contributed by atoms with E-state index in [-0.39, 0.29) is 11.9 Å². The summed E-state index contributed by atoms with van der Waals surface area (Å²) in [6.07, 6.45) is 3.05. The van der Waals surface area contributed by atoms with Crippen LogP contribution in [-0.2, 0) is 4.79 Å². The second-order valence-corrected chi connectivity index (χ2v) is 5.98. The number of nitrogens with one attached hydrogen (secondary N) is 2. The highest BCUT2D eigenvalue weighted by Crippen LogP contribution is 2.22. The molecule has 0 radical (unpaired) electrons. The molecule has 2 heterocycles. The van der Waals surface area contributed by atoms with Crippen molar-refractivity contribution in [1.29, 1.82) is 0 Å². The molecule has 8 heteroatoms. The first kappa shape index (κ1) is 16.1. The molecule has 0 saturated heterocycles. The number of carbonyl (C=O) groups is 1. The topological polar surface area (TPSA) is 93.0 Å². The maximum Gasteiger partial charge on any atom is 0.270 e. The first-order valence-electron chi connectivity index (χ1n) is 7.15. The van der Waals surface area contributed by atoms with Crippen molar-refractivity contribution in [1.82, 2.24) is 15.2 Å². The monoisotopic (exact) mass is 346 g/mol. The summed E-state index contributed by atoms with van der Waals surface area (Å²) < 4.78 is 10.7. The van der Waals surface area contributed by atoms with E-state index >= 15 is 0 Å². The van der Waals surface area contributed by atoms with Crippen molar-refractivity contribution < 1.29 is 13.9 Å². The molecule has 0 saturated carbocycles. The van der Waals surface area contributed by atoms with Gasteiger partial charge in [-0.1, -0.05) is 11.6 Å². The molecule has 0 bridgehead atoms. The Morgan fingerprint density at radius 2 is 2.04 bits per heavy atom. The molecule has 0 atom stereocenters. The van der Waals surface area contributed by atoms with E-state index in [9.17, 15) is 4.79 Å². The van der Waals surface area contributed by atoms with Gasteiger partial charge in [-0.2, -0.15) is 4.98 Å². The van der Waals surface area contributed by atoms with Crippen LogP contribution in [0.1, 0.15) is 13.8 Å². The summed E-state index contributed by atoms with van der Waals surface area (Å²) in [6.45, 7) is 3.31. The normalized spacial score (nSPS) is 11.3. The van der Waals surface area contributed by atoms with Crippen molar-refractivity contribution in [2.75, 3.05) is 5.32 Å². The number of hydrogen-bond acceptors (Lipinski definition) is 5.